The van der Waals surface area contributed by atoms with Crippen molar-refractivity contribution in [1.29, 1.82) is 0 Å². The standard InChI is InChI=1S/C14H14ClNO2/c1-10-13(7-9-18-14(10)17)16-8-6-11-2-4-12(15)5-3-11/h2-5,8H,6-7,9H2,1H3/b16-8-. The van der Waals surface area contributed by atoms with E-state index in [9.17, 15) is 4.79 Å². The van der Waals surface area contributed by atoms with Crippen LogP contribution in [0, 0.1) is 0 Å². The largest absolute Gasteiger partial charge is 0.462 e. The number of esters is 1. The maximum absolute atomic E-state index is 11.3. The number of hydrogen-bond acceptors (Lipinski definition) is 3. The molecule has 0 saturated heterocycles. The van der Waals surface area contributed by atoms with Crippen LogP contribution in [-0.2, 0) is 16.0 Å². The van der Waals surface area contributed by atoms with E-state index < -0.39 is 0 Å². The highest BCUT2D eigenvalue weighted by Crippen LogP contribution is 2.17. The zero-order valence-electron chi connectivity index (χ0n) is 10.1. The van der Waals surface area contributed by atoms with Gasteiger partial charge in [-0.15, -0.1) is 0 Å². The van der Waals surface area contributed by atoms with Gasteiger partial charge in [0.25, 0.3) is 0 Å². The highest BCUT2D eigenvalue weighted by molar-refractivity contribution is 6.30. The molecular formula is C14H14ClNO2. The molecule has 0 bridgehead atoms. The first-order valence-corrected chi connectivity index (χ1v) is 6.18. The Morgan fingerprint density at radius 1 is 1.39 bits per heavy atom. The van der Waals surface area contributed by atoms with Gasteiger partial charge in [-0.25, -0.2) is 4.79 Å². The van der Waals surface area contributed by atoms with Gasteiger partial charge in [0.15, 0.2) is 0 Å². The van der Waals surface area contributed by atoms with Gasteiger partial charge in [0.2, 0.25) is 0 Å². The van der Waals surface area contributed by atoms with Gasteiger partial charge < -0.3 is 4.74 Å². The summed E-state index contributed by atoms with van der Waals surface area (Å²) >= 11 is 5.81. The average Bonchev–Trinajstić information content (AvgIpc) is 2.37. The molecule has 18 heavy (non-hydrogen) atoms. The molecule has 0 saturated carbocycles. The Bertz CT molecular complexity index is 503. The second-order valence-corrected chi connectivity index (χ2v) is 4.54. The minimum Gasteiger partial charge on any atom is -0.462 e. The van der Waals surface area contributed by atoms with Crippen LogP contribution >= 0.6 is 11.6 Å². The van der Waals surface area contributed by atoms with Crippen molar-refractivity contribution < 1.29 is 9.53 Å². The molecule has 0 fully saturated rings. The normalized spacial score (nSPS) is 16.2. The number of rotatable bonds is 3. The van der Waals surface area contributed by atoms with Crippen LogP contribution in [-0.4, -0.2) is 18.8 Å². The summed E-state index contributed by atoms with van der Waals surface area (Å²) in [6, 6.07) is 7.63. The van der Waals surface area contributed by atoms with Crippen LogP contribution in [0.4, 0.5) is 0 Å². The van der Waals surface area contributed by atoms with Crippen LogP contribution in [0.5, 0.6) is 0 Å². The van der Waals surface area contributed by atoms with E-state index in [2.05, 4.69) is 4.99 Å². The van der Waals surface area contributed by atoms with Crippen LogP contribution in [0.3, 0.4) is 0 Å². The number of hydrogen-bond donors (Lipinski definition) is 0. The third kappa shape index (κ3) is 3.20. The van der Waals surface area contributed by atoms with E-state index >= 15 is 0 Å². The summed E-state index contributed by atoms with van der Waals surface area (Å²) in [6.07, 6.45) is 3.23. The second kappa shape index (κ2) is 5.83. The Hall–Kier alpha value is -1.61. The molecule has 1 aliphatic heterocycles. The lowest BCUT2D eigenvalue weighted by Crippen LogP contribution is -2.15. The van der Waals surface area contributed by atoms with Gasteiger partial charge >= 0.3 is 5.97 Å². The maximum Gasteiger partial charge on any atom is 0.335 e. The highest BCUT2D eigenvalue weighted by Gasteiger charge is 2.16. The monoisotopic (exact) mass is 263 g/mol. The summed E-state index contributed by atoms with van der Waals surface area (Å²) in [5, 5.41) is 0.726. The Balaban J connectivity index is 2.01. The summed E-state index contributed by atoms with van der Waals surface area (Å²) in [6.45, 7) is 2.17. The van der Waals surface area contributed by atoms with E-state index in [4.69, 9.17) is 16.3 Å². The summed E-state index contributed by atoms with van der Waals surface area (Å²) in [7, 11) is 0. The number of cyclic esters (lactones) is 1. The van der Waals surface area contributed by atoms with Gasteiger partial charge in [0.1, 0.15) is 0 Å². The molecule has 0 unspecified atom stereocenters. The van der Waals surface area contributed by atoms with E-state index in [0.29, 0.717) is 18.6 Å². The van der Waals surface area contributed by atoms with Crippen molar-refractivity contribution >= 4 is 23.8 Å². The molecule has 0 atom stereocenters. The molecule has 1 heterocycles. The minimum atomic E-state index is -0.264. The lowest BCUT2D eigenvalue weighted by molar-refractivity contribution is -0.140. The molecular weight excluding hydrogens is 250 g/mol. The third-order valence-corrected chi connectivity index (χ3v) is 3.05. The van der Waals surface area contributed by atoms with Crippen LogP contribution in [0.15, 0.2) is 40.5 Å². The molecule has 1 aliphatic rings. The topological polar surface area (TPSA) is 38.7 Å². The summed E-state index contributed by atoms with van der Waals surface area (Å²) < 4.78 is 4.91. The summed E-state index contributed by atoms with van der Waals surface area (Å²) in [5.74, 6) is -0.264. The number of carbonyl (C=O) groups is 1. The van der Waals surface area contributed by atoms with Gasteiger partial charge in [-0.3, -0.25) is 4.99 Å². The lowest BCUT2D eigenvalue weighted by atomic mass is 10.1. The quantitative estimate of drug-likeness (QED) is 0.621. The van der Waals surface area contributed by atoms with Gasteiger partial charge in [0, 0.05) is 24.1 Å². The van der Waals surface area contributed by atoms with Gasteiger partial charge in [-0.2, -0.15) is 0 Å². The summed E-state index contributed by atoms with van der Waals surface area (Å²) in [4.78, 5) is 15.7. The Labute approximate surface area is 111 Å². The molecule has 0 aliphatic carbocycles. The fourth-order valence-corrected chi connectivity index (χ4v) is 1.82. The van der Waals surface area contributed by atoms with Crippen LogP contribution in [0.2, 0.25) is 5.02 Å². The molecule has 94 valence electrons. The molecule has 1 aromatic carbocycles. The van der Waals surface area contributed by atoms with Crippen molar-refractivity contribution in [1.82, 2.24) is 0 Å². The predicted molar refractivity (Wildman–Crippen MR) is 71.9 cm³/mol. The molecule has 0 N–H and O–H groups in total. The first-order valence-electron chi connectivity index (χ1n) is 5.80. The Morgan fingerprint density at radius 2 is 2.11 bits per heavy atom. The molecule has 0 spiro atoms. The van der Waals surface area contributed by atoms with Crippen molar-refractivity contribution in [2.24, 2.45) is 4.99 Å². The first kappa shape index (κ1) is 12.8. The van der Waals surface area contributed by atoms with Gasteiger partial charge in [-0.05, 0) is 24.6 Å². The van der Waals surface area contributed by atoms with Crippen LogP contribution in [0.25, 0.3) is 0 Å². The molecule has 4 heteroatoms. The fourth-order valence-electron chi connectivity index (χ4n) is 1.70. The van der Waals surface area contributed by atoms with Gasteiger partial charge in [-0.1, -0.05) is 23.7 Å². The molecule has 0 amide bonds. The van der Waals surface area contributed by atoms with E-state index in [0.717, 1.165) is 22.7 Å². The van der Waals surface area contributed by atoms with Crippen molar-refractivity contribution in [2.45, 2.75) is 19.8 Å². The van der Waals surface area contributed by atoms with E-state index in [1.54, 1.807) is 6.92 Å². The van der Waals surface area contributed by atoms with E-state index in [1.807, 2.05) is 30.5 Å². The van der Waals surface area contributed by atoms with Crippen molar-refractivity contribution in [3.05, 3.63) is 46.1 Å². The zero-order chi connectivity index (χ0) is 13.0. The lowest BCUT2D eigenvalue weighted by Gasteiger charge is -2.13. The molecule has 2 rings (SSSR count). The molecule has 1 aromatic rings. The van der Waals surface area contributed by atoms with E-state index in [-0.39, 0.29) is 5.97 Å². The van der Waals surface area contributed by atoms with Crippen LogP contribution < -0.4 is 0 Å². The molecule has 0 aromatic heterocycles. The third-order valence-electron chi connectivity index (χ3n) is 2.80. The van der Waals surface area contributed by atoms with Gasteiger partial charge in [0.05, 0.1) is 17.9 Å². The van der Waals surface area contributed by atoms with E-state index in [1.165, 1.54) is 0 Å². The number of benzene rings is 1. The molecule has 3 nitrogen and oxygen atoms in total. The Kier molecular flexibility index (Phi) is 4.15. The van der Waals surface area contributed by atoms with Crippen molar-refractivity contribution in [2.75, 3.05) is 6.61 Å². The number of nitrogens with zero attached hydrogens (tertiary/aromatic N) is 1. The zero-order valence-corrected chi connectivity index (χ0v) is 10.9. The smallest absolute Gasteiger partial charge is 0.335 e. The predicted octanol–water partition coefficient (Wildman–Crippen LogP) is 3.17. The van der Waals surface area contributed by atoms with Crippen molar-refractivity contribution in [3.8, 4) is 0 Å². The maximum atomic E-state index is 11.3. The number of carbonyl (C=O) groups excluding carboxylic acids is 1. The van der Waals surface area contributed by atoms with Crippen LogP contribution in [0.1, 0.15) is 18.9 Å². The highest BCUT2D eigenvalue weighted by atomic mass is 35.5. The number of aliphatic imine (C=N–C) groups is 1. The molecule has 0 radical (unpaired) electrons. The average molecular weight is 264 g/mol. The first-order chi connectivity index (χ1) is 8.66. The second-order valence-electron chi connectivity index (χ2n) is 4.10. The fraction of sp³-hybridized carbons (Fsp3) is 0.286. The van der Waals surface area contributed by atoms with Crippen molar-refractivity contribution in [3.63, 3.8) is 0 Å². The number of halogens is 1. The minimum absolute atomic E-state index is 0.264. The SMILES string of the molecule is CC1=C(/N=C\Cc2ccc(Cl)cc2)CCOC1=O. The number of ether oxygens (including phenoxy) is 1. The summed E-state index contributed by atoms with van der Waals surface area (Å²) in [5.41, 5.74) is 2.56. The Morgan fingerprint density at radius 3 is 2.83 bits per heavy atom.